The molecule has 0 fully saturated rings. The van der Waals surface area contributed by atoms with E-state index >= 15 is 0 Å². The quantitative estimate of drug-likeness (QED) is 0.0324. The zero-order chi connectivity index (χ0) is 101. The molecule has 0 atom stereocenters. The average Bonchev–Trinajstić information content (AvgIpc) is 1.75. The van der Waals surface area contributed by atoms with Crippen molar-refractivity contribution >= 4 is 0 Å². The maximum atomic E-state index is 4.26. The molecular formula is C115H223N21. The van der Waals surface area contributed by atoms with Gasteiger partial charge in [0, 0.05) is 58.2 Å². The molecule has 7 rings (SSSR count). The average molecular weight is 1900 g/mol. The van der Waals surface area contributed by atoms with Gasteiger partial charge in [-0.1, -0.05) is 429 Å². The summed E-state index contributed by atoms with van der Waals surface area (Å²) in [5, 5.41) is 58.3. The van der Waals surface area contributed by atoms with Crippen molar-refractivity contribution in [3.8, 4) is 0 Å². The van der Waals surface area contributed by atoms with E-state index in [1.54, 1.807) is 0 Å². The normalized spacial score (nSPS) is 11.7. The second kappa shape index (κ2) is 84.6. The Labute approximate surface area is 839 Å². The number of hydrogen-bond acceptors (Lipinski definition) is 14. The van der Waals surface area contributed by atoms with Gasteiger partial charge in [-0.3, -0.25) is 9.36 Å². The van der Waals surface area contributed by atoms with Crippen LogP contribution in [-0.2, 0) is 90.8 Å². The second-order valence-corrected chi connectivity index (χ2v) is 46.5. The Morgan fingerprint density at radius 1 is 0.162 bits per heavy atom. The molecule has 0 aliphatic heterocycles. The van der Waals surface area contributed by atoms with Crippen LogP contribution in [0.1, 0.15) is 523 Å². The fourth-order valence-electron chi connectivity index (χ4n) is 16.5. The predicted molar refractivity (Wildman–Crippen MR) is 582 cm³/mol. The number of rotatable bonds is 73. The Kier molecular flexibility index (Phi) is 79.7. The largest absolute Gasteiger partial charge is 0.252 e. The van der Waals surface area contributed by atoms with Gasteiger partial charge < -0.3 is 0 Å². The van der Waals surface area contributed by atoms with E-state index in [1.807, 2.05) is 40.3 Å². The third-order valence-corrected chi connectivity index (χ3v) is 25.6. The summed E-state index contributed by atoms with van der Waals surface area (Å²) in [7, 11) is 0. The van der Waals surface area contributed by atoms with Gasteiger partial charge in [0.25, 0.3) is 0 Å². The summed E-state index contributed by atoms with van der Waals surface area (Å²) in [5.41, 5.74) is 8.87. The van der Waals surface area contributed by atoms with Crippen molar-refractivity contribution in [2.75, 3.05) is 0 Å². The van der Waals surface area contributed by atoms with Gasteiger partial charge in [0.2, 0.25) is 0 Å². The molecule has 0 spiro atoms. The standard InChI is InChI=1S/3C17H33N3.4C16H31N3/c2*1-15(2)10-6-5-7-12-17-14-18-19-20(17)13-9-8-11-16(3)4;1-15(2)10-7-5-6-8-13-20-17(14-18-19-20)12-9-11-16(3)4;1-14(2)9-5-6-11-16-13-19(18-17-16)12-8-7-10-15(3)4;2*1-14(2)9-7-5-6-8-12-19-16(13-17-18-19)11-10-15(3)4;1-14(2)9-7-5-6-8-10-16-13-19(18-17-16)12-11-15(3)4/h3*14-16H,5-13H2,1-4H3;4*13-15H,5-12H2,1-4H3. The predicted octanol–water partition coefficient (Wildman–Crippen LogP) is 32.5. The Balaban J connectivity index is 0.000000793. The lowest BCUT2D eigenvalue weighted by Gasteiger charge is -2.08. The van der Waals surface area contributed by atoms with Crippen molar-refractivity contribution in [1.82, 2.24) is 105 Å². The van der Waals surface area contributed by atoms with Gasteiger partial charge in [0.15, 0.2) is 0 Å². The third-order valence-electron chi connectivity index (χ3n) is 25.6. The van der Waals surface area contributed by atoms with Gasteiger partial charge in [-0.25, -0.2) is 23.4 Å². The molecule has 0 aliphatic rings. The molecular weight excluding hydrogens is 1680 g/mol. The van der Waals surface area contributed by atoms with Crippen LogP contribution in [0.25, 0.3) is 0 Å². The molecule has 0 aliphatic carbocycles. The fraction of sp³-hybridized carbons (Fsp3) is 0.878. The summed E-state index contributed by atoms with van der Waals surface area (Å²) in [4.78, 5) is 0. The first-order valence-electron chi connectivity index (χ1n) is 57.3. The van der Waals surface area contributed by atoms with E-state index < -0.39 is 0 Å². The lowest BCUT2D eigenvalue weighted by atomic mass is 10.0. The molecule has 0 amide bonds. The van der Waals surface area contributed by atoms with Gasteiger partial charge in [-0.2, -0.15) is 0 Å². The molecule has 0 saturated carbocycles. The zero-order valence-electron chi connectivity index (χ0n) is 94.7. The summed E-state index contributed by atoms with van der Waals surface area (Å²) in [5.74, 6) is 11.3. The van der Waals surface area contributed by atoms with Crippen LogP contribution in [0.3, 0.4) is 0 Å². The van der Waals surface area contributed by atoms with E-state index in [0.29, 0.717) is 0 Å². The first kappa shape index (κ1) is 128. The van der Waals surface area contributed by atoms with Crippen molar-refractivity contribution < 1.29 is 0 Å². The van der Waals surface area contributed by atoms with Crippen LogP contribution in [0.5, 0.6) is 0 Å². The van der Waals surface area contributed by atoms with Crippen LogP contribution in [0.4, 0.5) is 0 Å². The van der Waals surface area contributed by atoms with Crippen molar-refractivity contribution in [1.29, 1.82) is 0 Å². The highest BCUT2D eigenvalue weighted by molar-refractivity contribution is 4.99. The topological polar surface area (TPSA) is 215 Å². The molecule has 0 bridgehead atoms. The number of aryl methyl sites for hydroxylation is 14. The lowest BCUT2D eigenvalue weighted by molar-refractivity contribution is 0.472. The van der Waals surface area contributed by atoms with E-state index in [-0.39, 0.29) is 0 Å². The molecule has 7 aromatic heterocycles. The van der Waals surface area contributed by atoms with Crippen LogP contribution in [0.2, 0.25) is 0 Å². The molecule has 136 heavy (non-hydrogen) atoms. The molecule has 21 heteroatoms. The van der Waals surface area contributed by atoms with Crippen LogP contribution in [0, 0.1) is 82.9 Å². The Hall–Kier alpha value is -6.02. The summed E-state index contributed by atoms with van der Waals surface area (Å²) in [6.07, 6.45) is 80.5. The molecule has 0 unspecified atom stereocenters. The Morgan fingerprint density at radius 2 is 0.346 bits per heavy atom. The summed E-state index contributed by atoms with van der Waals surface area (Å²) in [6, 6.07) is 0. The summed E-state index contributed by atoms with van der Waals surface area (Å²) in [6.45, 7) is 71.3. The van der Waals surface area contributed by atoms with Crippen molar-refractivity contribution in [2.45, 2.75) is 574 Å². The molecule has 21 nitrogen and oxygen atoms in total. The van der Waals surface area contributed by atoms with E-state index in [1.165, 1.54) is 317 Å². The van der Waals surface area contributed by atoms with E-state index in [4.69, 9.17) is 0 Å². The molecule has 7 heterocycles. The van der Waals surface area contributed by atoms with Crippen LogP contribution in [-0.4, -0.2) is 105 Å². The van der Waals surface area contributed by atoms with Gasteiger partial charge in [0.05, 0.1) is 70.8 Å². The highest BCUT2D eigenvalue weighted by Gasteiger charge is 2.14. The van der Waals surface area contributed by atoms with E-state index in [0.717, 1.165) is 185 Å². The first-order valence-corrected chi connectivity index (χ1v) is 57.3. The number of aromatic nitrogens is 21. The van der Waals surface area contributed by atoms with E-state index in [9.17, 15) is 0 Å². The van der Waals surface area contributed by atoms with Crippen molar-refractivity contribution in [3.05, 3.63) is 83.2 Å². The second-order valence-electron chi connectivity index (χ2n) is 46.5. The Bertz CT molecular complexity index is 3490. The highest BCUT2D eigenvalue weighted by Crippen LogP contribution is 2.22. The smallest absolute Gasteiger partial charge is 0.0827 e. The minimum Gasteiger partial charge on any atom is -0.252 e. The van der Waals surface area contributed by atoms with Crippen LogP contribution < -0.4 is 0 Å². The van der Waals surface area contributed by atoms with Crippen molar-refractivity contribution in [3.63, 3.8) is 0 Å². The first-order chi connectivity index (χ1) is 65.1. The van der Waals surface area contributed by atoms with Crippen molar-refractivity contribution in [2.24, 2.45) is 82.9 Å². The monoisotopic (exact) mass is 1900 g/mol. The van der Waals surface area contributed by atoms with Gasteiger partial charge in [-0.05, 0) is 218 Å². The molecule has 788 valence electrons. The SMILES string of the molecule is CC(C)CCCCCCc1cn(CCC(C)C)nn1.CC(C)CCCCCCn1nncc1CCC(C)C.CC(C)CCCCCCn1nncc1CCC(C)C.CC(C)CCCCCCn1nncc1CCCC(C)C.CC(C)CCCCCc1cnnn1CCCCC(C)C.CC(C)CCCCCc1cnnn1CCCCC(C)C.CC(C)CCCCc1cn(CCCCC(C)C)nn1. The van der Waals surface area contributed by atoms with E-state index in [2.05, 4.69) is 302 Å². The maximum Gasteiger partial charge on any atom is 0.0827 e. The number of unbranched alkanes of at least 4 members (excludes halogenated alkanes) is 20. The van der Waals surface area contributed by atoms with Crippen LogP contribution in [0.15, 0.2) is 43.4 Å². The molecule has 0 aromatic carbocycles. The Morgan fingerprint density at radius 3 is 0.618 bits per heavy atom. The number of nitrogens with zero attached hydrogens (tertiary/aromatic N) is 21. The van der Waals surface area contributed by atoms with Gasteiger partial charge in [-0.15, -0.1) is 35.7 Å². The zero-order valence-corrected chi connectivity index (χ0v) is 94.7. The number of hydrogen-bond donors (Lipinski definition) is 0. The molecule has 0 saturated heterocycles. The fourth-order valence-corrected chi connectivity index (χ4v) is 16.5. The molecule has 7 aromatic rings. The summed E-state index contributed by atoms with van der Waals surface area (Å²) < 4.78 is 14.6. The maximum absolute atomic E-state index is 4.26. The highest BCUT2D eigenvalue weighted by atomic mass is 15.5. The summed E-state index contributed by atoms with van der Waals surface area (Å²) >= 11 is 0. The van der Waals surface area contributed by atoms with Crippen LogP contribution >= 0.6 is 0 Å². The van der Waals surface area contributed by atoms with Gasteiger partial charge in [0.1, 0.15) is 0 Å². The third kappa shape index (κ3) is 77.7. The molecule has 0 radical (unpaired) electrons. The molecule has 0 N–H and O–H groups in total. The minimum absolute atomic E-state index is 0.730. The van der Waals surface area contributed by atoms with Gasteiger partial charge >= 0.3 is 0 Å². The lowest BCUT2D eigenvalue weighted by Crippen LogP contribution is -2.06. The minimum atomic E-state index is 0.730.